The number of nitrogens with zero attached hydrogens (tertiary/aromatic N) is 2. The molecule has 3 N–H and O–H groups in total. The lowest BCUT2D eigenvalue weighted by molar-refractivity contribution is 0.588. The summed E-state index contributed by atoms with van der Waals surface area (Å²) < 4.78 is 27.1. The van der Waals surface area contributed by atoms with Crippen LogP contribution in [0.1, 0.15) is 0 Å². The molecule has 2 aromatic carbocycles. The van der Waals surface area contributed by atoms with Crippen molar-refractivity contribution >= 4 is 49.0 Å². The summed E-state index contributed by atoms with van der Waals surface area (Å²) in [5.41, 5.74) is 1.49. The fourth-order valence-electron chi connectivity index (χ4n) is 2.18. The third-order valence-corrected chi connectivity index (χ3v) is 5.41. The second-order valence-electron chi connectivity index (χ2n) is 5.28. The van der Waals surface area contributed by atoms with Gasteiger partial charge >= 0.3 is 0 Å². The molecule has 26 heavy (non-hydrogen) atoms. The SMILES string of the molecule is CNS(=O)(=O)c1cccc(Nc2cc(Nc3ccc(Br)cc3)ncn2)c1. The summed E-state index contributed by atoms with van der Waals surface area (Å²) in [6.07, 6.45) is 1.43. The van der Waals surface area contributed by atoms with Gasteiger partial charge in [0.25, 0.3) is 0 Å². The quantitative estimate of drug-likeness (QED) is 0.549. The minimum absolute atomic E-state index is 0.173. The fourth-order valence-corrected chi connectivity index (χ4v) is 3.22. The molecule has 0 atom stereocenters. The van der Waals surface area contributed by atoms with E-state index in [0.717, 1.165) is 10.2 Å². The number of anilines is 4. The van der Waals surface area contributed by atoms with E-state index in [0.29, 0.717) is 17.3 Å². The normalized spacial score (nSPS) is 11.2. The number of benzene rings is 2. The van der Waals surface area contributed by atoms with Crippen molar-refractivity contribution in [2.75, 3.05) is 17.7 Å². The minimum Gasteiger partial charge on any atom is -0.340 e. The number of halogens is 1. The average molecular weight is 434 g/mol. The summed E-state index contributed by atoms with van der Waals surface area (Å²) in [5.74, 6) is 1.16. The maximum absolute atomic E-state index is 11.9. The van der Waals surface area contributed by atoms with Crippen LogP contribution in [-0.2, 0) is 10.0 Å². The fraction of sp³-hybridized carbons (Fsp3) is 0.0588. The first-order chi connectivity index (χ1) is 12.5. The Labute approximate surface area is 160 Å². The van der Waals surface area contributed by atoms with E-state index in [2.05, 4.69) is 41.3 Å². The number of hydrogen-bond donors (Lipinski definition) is 3. The van der Waals surface area contributed by atoms with Crippen LogP contribution in [0, 0.1) is 0 Å². The lowest BCUT2D eigenvalue weighted by atomic mass is 10.3. The van der Waals surface area contributed by atoms with E-state index in [4.69, 9.17) is 0 Å². The van der Waals surface area contributed by atoms with Gasteiger partial charge in [-0.1, -0.05) is 22.0 Å². The topological polar surface area (TPSA) is 96.0 Å². The monoisotopic (exact) mass is 433 g/mol. The van der Waals surface area contributed by atoms with Crippen LogP contribution in [0.3, 0.4) is 0 Å². The highest BCUT2D eigenvalue weighted by molar-refractivity contribution is 9.10. The van der Waals surface area contributed by atoms with Gasteiger partial charge in [0, 0.05) is 21.9 Å². The predicted molar refractivity (Wildman–Crippen MR) is 105 cm³/mol. The summed E-state index contributed by atoms with van der Waals surface area (Å²) in [5, 5.41) is 6.27. The van der Waals surface area contributed by atoms with E-state index in [1.54, 1.807) is 18.2 Å². The first kappa shape index (κ1) is 18.3. The Bertz CT molecular complexity index is 1010. The Hall–Kier alpha value is -2.49. The Morgan fingerprint density at radius 2 is 1.54 bits per heavy atom. The van der Waals surface area contributed by atoms with Crippen LogP contribution < -0.4 is 15.4 Å². The number of nitrogens with one attached hydrogen (secondary N) is 3. The summed E-state index contributed by atoms with van der Waals surface area (Å²) >= 11 is 3.39. The zero-order valence-corrected chi connectivity index (χ0v) is 16.2. The maximum Gasteiger partial charge on any atom is 0.240 e. The molecule has 0 aliphatic heterocycles. The third kappa shape index (κ3) is 4.57. The number of rotatable bonds is 6. The largest absolute Gasteiger partial charge is 0.340 e. The Morgan fingerprint density at radius 1 is 0.885 bits per heavy atom. The van der Waals surface area contributed by atoms with Crippen molar-refractivity contribution in [1.82, 2.24) is 14.7 Å². The van der Waals surface area contributed by atoms with E-state index < -0.39 is 10.0 Å². The van der Waals surface area contributed by atoms with Gasteiger partial charge in [0.1, 0.15) is 18.0 Å². The molecule has 1 aromatic heterocycles. The van der Waals surface area contributed by atoms with Crippen LogP contribution in [0.25, 0.3) is 0 Å². The van der Waals surface area contributed by atoms with Gasteiger partial charge in [0.15, 0.2) is 0 Å². The molecule has 0 fully saturated rings. The van der Waals surface area contributed by atoms with Gasteiger partial charge in [-0.15, -0.1) is 0 Å². The van der Waals surface area contributed by atoms with Gasteiger partial charge in [-0.05, 0) is 49.5 Å². The Morgan fingerprint density at radius 3 is 2.19 bits per heavy atom. The van der Waals surface area contributed by atoms with E-state index in [9.17, 15) is 8.42 Å². The molecule has 0 spiro atoms. The second kappa shape index (κ2) is 7.81. The number of sulfonamides is 1. The van der Waals surface area contributed by atoms with Gasteiger partial charge < -0.3 is 10.6 Å². The molecular formula is C17H16BrN5O2S. The molecule has 134 valence electrons. The second-order valence-corrected chi connectivity index (χ2v) is 8.08. The zero-order chi connectivity index (χ0) is 18.6. The molecule has 0 aliphatic rings. The van der Waals surface area contributed by atoms with Crippen molar-refractivity contribution in [3.8, 4) is 0 Å². The van der Waals surface area contributed by atoms with E-state index in [1.807, 2.05) is 24.3 Å². The summed E-state index contributed by atoms with van der Waals surface area (Å²) in [6, 6.07) is 15.9. The van der Waals surface area contributed by atoms with Gasteiger partial charge in [0.2, 0.25) is 10.0 Å². The van der Waals surface area contributed by atoms with Crippen LogP contribution in [0.15, 0.2) is 70.3 Å². The molecule has 9 heteroatoms. The van der Waals surface area contributed by atoms with E-state index in [1.165, 1.54) is 25.5 Å². The molecule has 3 aromatic rings. The number of hydrogen-bond acceptors (Lipinski definition) is 6. The van der Waals surface area contributed by atoms with Gasteiger partial charge in [-0.3, -0.25) is 0 Å². The third-order valence-electron chi connectivity index (χ3n) is 3.47. The average Bonchev–Trinajstić information content (AvgIpc) is 2.64. The highest BCUT2D eigenvalue weighted by atomic mass is 79.9. The molecule has 0 bridgehead atoms. The summed E-state index contributed by atoms with van der Waals surface area (Å²) in [6.45, 7) is 0. The van der Waals surface area contributed by atoms with Gasteiger partial charge in [-0.25, -0.2) is 23.1 Å². The van der Waals surface area contributed by atoms with Crippen molar-refractivity contribution in [3.05, 3.63) is 65.4 Å². The Kier molecular flexibility index (Phi) is 5.50. The standard InChI is InChI=1S/C17H16BrN5O2S/c1-19-26(24,25)15-4-2-3-14(9-15)23-17-10-16(20-11-21-17)22-13-7-5-12(18)6-8-13/h2-11,19H,1H3,(H2,20,21,22,23). The van der Waals surface area contributed by atoms with Crippen LogP contribution in [0.4, 0.5) is 23.0 Å². The first-order valence-electron chi connectivity index (χ1n) is 7.61. The smallest absolute Gasteiger partial charge is 0.240 e. The first-order valence-corrected chi connectivity index (χ1v) is 9.89. The molecule has 0 radical (unpaired) electrons. The molecule has 7 nitrogen and oxygen atoms in total. The highest BCUT2D eigenvalue weighted by Gasteiger charge is 2.11. The van der Waals surface area contributed by atoms with Crippen molar-refractivity contribution < 1.29 is 8.42 Å². The minimum atomic E-state index is -3.50. The van der Waals surface area contributed by atoms with Crippen LogP contribution in [0.5, 0.6) is 0 Å². The lowest BCUT2D eigenvalue weighted by Gasteiger charge is -2.10. The van der Waals surface area contributed by atoms with Crippen molar-refractivity contribution in [2.45, 2.75) is 4.90 Å². The van der Waals surface area contributed by atoms with Gasteiger partial charge in [0.05, 0.1) is 4.90 Å². The molecule has 1 heterocycles. The number of aromatic nitrogens is 2. The summed E-state index contributed by atoms with van der Waals surface area (Å²) in [7, 11) is -2.13. The maximum atomic E-state index is 11.9. The zero-order valence-electron chi connectivity index (χ0n) is 13.8. The summed E-state index contributed by atoms with van der Waals surface area (Å²) in [4.78, 5) is 8.53. The Balaban J connectivity index is 1.79. The lowest BCUT2D eigenvalue weighted by Crippen LogP contribution is -2.18. The molecule has 0 amide bonds. The molecule has 0 aliphatic carbocycles. The molecule has 0 unspecified atom stereocenters. The van der Waals surface area contributed by atoms with E-state index >= 15 is 0 Å². The predicted octanol–water partition coefficient (Wildman–Crippen LogP) is 3.63. The molecular weight excluding hydrogens is 418 g/mol. The molecule has 0 saturated heterocycles. The van der Waals surface area contributed by atoms with Crippen molar-refractivity contribution in [2.24, 2.45) is 0 Å². The highest BCUT2D eigenvalue weighted by Crippen LogP contribution is 2.22. The van der Waals surface area contributed by atoms with Gasteiger partial charge in [-0.2, -0.15) is 0 Å². The molecule has 3 rings (SSSR count). The van der Waals surface area contributed by atoms with Crippen molar-refractivity contribution in [1.29, 1.82) is 0 Å². The van der Waals surface area contributed by atoms with E-state index in [-0.39, 0.29) is 4.90 Å². The van der Waals surface area contributed by atoms with Crippen LogP contribution in [0.2, 0.25) is 0 Å². The van der Waals surface area contributed by atoms with Crippen LogP contribution in [-0.4, -0.2) is 25.4 Å². The molecule has 0 saturated carbocycles. The van der Waals surface area contributed by atoms with Crippen LogP contribution >= 0.6 is 15.9 Å². The van der Waals surface area contributed by atoms with Crippen molar-refractivity contribution in [3.63, 3.8) is 0 Å².